The highest BCUT2D eigenvalue weighted by atomic mass is 16.2. The summed E-state index contributed by atoms with van der Waals surface area (Å²) in [6.07, 6.45) is 7.00. The first-order valence-electron chi connectivity index (χ1n) is 8.56. The van der Waals surface area contributed by atoms with E-state index in [1.165, 1.54) is 6.42 Å². The number of carbonyl (C=O) groups excluding carboxylic acids is 2. The van der Waals surface area contributed by atoms with E-state index < -0.39 is 6.04 Å². The van der Waals surface area contributed by atoms with Crippen LogP contribution in [0.15, 0.2) is 24.4 Å². The molecule has 0 unspecified atom stereocenters. The Balaban J connectivity index is 1.89. The highest BCUT2D eigenvalue weighted by Gasteiger charge is 2.28. The van der Waals surface area contributed by atoms with E-state index in [-0.39, 0.29) is 23.7 Å². The molecular formula is C18H27N3O2. The van der Waals surface area contributed by atoms with Crippen molar-refractivity contribution >= 4 is 11.8 Å². The molecule has 126 valence electrons. The van der Waals surface area contributed by atoms with Crippen LogP contribution in [0.4, 0.5) is 0 Å². The molecule has 0 aliphatic heterocycles. The minimum absolute atomic E-state index is 0.0244. The zero-order valence-corrected chi connectivity index (χ0v) is 14.0. The van der Waals surface area contributed by atoms with E-state index in [0.29, 0.717) is 6.54 Å². The van der Waals surface area contributed by atoms with Gasteiger partial charge in [-0.1, -0.05) is 39.2 Å². The van der Waals surface area contributed by atoms with Gasteiger partial charge in [0.2, 0.25) is 11.8 Å². The molecule has 0 spiro atoms. The van der Waals surface area contributed by atoms with Gasteiger partial charge < -0.3 is 10.6 Å². The summed E-state index contributed by atoms with van der Waals surface area (Å²) in [4.78, 5) is 29.0. The molecule has 5 heteroatoms. The van der Waals surface area contributed by atoms with Crippen LogP contribution in [-0.2, 0) is 16.1 Å². The Morgan fingerprint density at radius 3 is 2.57 bits per heavy atom. The summed E-state index contributed by atoms with van der Waals surface area (Å²) in [5.41, 5.74) is 0.807. The zero-order chi connectivity index (χ0) is 16.7. The molecule has 2 N–H and O–H groups in total. The molecule has 0 bridgehead atoms. The van der Waals surface area contributed by atoms with E-state index in [2.05, 4.69) is 15.6 Å². The summed E-state index contributed by atoms with van der Waals surface area (Å²) in [5, 5.41) is 5.82. The Morgan fingerprint density at radius 1 is 1.22 bits per heavy atom. The van der Waals surface area contributed by atoms with E-state index >= 15 is 0 Å². The summed E-state index contributed by atoms with van der Waals surface area (Å²) in [6.45, 7) is 4.28. The Hall–Kier alpha value is -1.91. The standard InChI is InChI=1S/C18H27N3O2/c1-13(2)16(21-17(22)14-8-4-3-5-9-14)18(23)20-12-15-10-6-7-11-19-15/h6-7,10-11,13-14,16H,3-5,8-9,12H2,1-2H3,(H,20,23)(H,21,22)/t16-/m0/s1. The summed E-state index contributed by atoms with van der Waals surface area (Å²) < 4.78 is 0. The lowest BCUT2D eigenvalue weighted by atomic mass is 9.88. The monoisotopic (exact) mass is 317 g/mol. The average molecular weight is 317 g/mol. The Labute approximate surface area is 138 Å². The second-order valence-corrected chi connectivity index (χ2v) is 6.60. The maximum atomic E-state index is 12.4. The van der Waals surface area contributed by atoms with Gasteiger partial charge in [-0.2, -0.15) is 0 Å². The van der Waals surface area contributed by atoms with Crippen LogP contribution in [0.5, 0.6) is 0 Å². The van der Waals surface area contributed by atoms with Gasteiger partial charge in [0.25, 0.3) is 0 Å². The van der Waals surface area contributed by atoms with Crippen molar-refractivity contribution in [2.24, 2.45) is 11.8 Å². The number of hydrogen-bond donors (Lipinski definition) is 2. The van der Waals surface area contributed by atoms with E-state index in [0.717, 1.165) is 31.4 Å². The number of rotatable bonds is 6. The normalized spacial score (nSPS) is 16.8. The van der Waals surface area contributed by atoms with Crippen molar-refractivity contribution in [3.63, 3.8) is 0 Å². The minimum atomic E-state index is -0.492. The fourth-order valence-electron chi connectivity index (χ4n) is 2.96. The molecule has 0 radical (unpaired) electrons. The van der Waals surface area contributed by atoms with Crippen LogP contribution < -0.4 is 10.6 Å². The predicted octanol–water partition coefficient (Wildman–Crippen LogP) is 2.42. The molecule has 1 aliphatic rings. The molecule has 1 heterocycles. The second kappa shape index (κ2) is 8.65. The largest absolute Gasteiger partial charge is 0.349 e. The van der Waals surface area contributed by atoms with Crippen LogP contribution in [0, 0.1) is 11.8 Å². The smallest absolute Gasteiger partial charge is 0.243 e. The van der Waals surface area contributed by atoms with Crippen LogP contribution in [0.3, 0.4) is 0 Å². The molecule has 1 aromatic rings. The third-order valence-corrected chi connectivity index (χ3v) is 4.39. The van der Waals surface area contributed by atoms with Crippen LogP contribution in [0.1, 0.15) is 51.6 Å². The molecule has 0 saturated heterocycles. The van der Waals surface area contributed by atoms with Gasteiger partial charge in [0.05, 0.1) is 12.2 Å². The Morgan fingerprint density at radius 2 is 1.96 bits per heavy atom. The average Bonchev–Trinajstić information content (AvgIpc) is 2.58. The Bertz CT molecular complexity index is 510. The predicted molar refractivity (Wildman–Crippen MR) is 89.4 cm³/mol. The summed E-state index contributed by atoms with van der Waals surface area (Å²) in [7, 11) is 0. The van der Waals surface area contributed by atoms with E-state index in [1.54, 1.807) is 6.20 Å². The van der Waals surface area contributed by atoms with Gasteiger partial charge >= 0.3 is 0 Å². The van der Waals surface area contributed by atoms with Gasteiger partial charge in [-0.05, 0) is 30.9 Å². The molecule has 1 atom stereocenters. The fraction of sp³-hybridized carbons (Fsp3) is 0.611. The van der Waals surface area contributed by atoms with E-state index in [9.17, 15) is 9.59 Å². The first-order valence-corrected chi connectivity index (χ1v) is 8.56. The number of pyridine rings is 1. The van der Waals surface area contributed by atoms with Crippen LogP contribution in [0.25, 0.3) is 0 Å². The van der Waals surface area contributed by atoms with Crippen molar-refractivity contribution in [3.05, 3.63) is 30.1 Å². The topological polar surface area (TPSA) is 71.1 Å². The molecule has 5 nitrogen and oxygen atoms in total. The van der Waals surface area contributed by atoms with Crippen molar-refractivity contribution in [2.75, 3.05) is 0 Å². The maximum Gasteiger partial charge on any atom is 0.243 e. The van der Waals surface area contributed by atoms with Crippen molar-refractivity contribution < 1.29 is 9.59 Å². The van der Waals surface area contributed by atoms with Gasteiger partial charge in [-0.15, -0.1) is 0 Å². The number of nitrogens with one attached hydrogen (secondary N) is 2. The van der Waals surface area contributed by atoms with E-state index in [4.69, 9.17) is 0 Å². The number of aromatic nitrogens is 1. The lowest BCUT2D eigenvalue weighted by Gasteiger charge is -2.26. The molecular weight excluding hydrogens is 290 g/mol. The highest BCUT2D eigenvalue weighted by Crippen LogP contribution is 2.24. The summed E-state index contributed by atoms with van der Waals surface area (Å²) in [6, 6.07) is 5.10. The number of hydrogen-bond acceptors (Lipinski definition) is 3. The first-order chi connectivity index (χ1) is 11.1. The third-order valence-electron chi connectivity index (χ3n) is 4.39. The van der Waals surface area contributed by atoms with Gasteiger partial charge in [-0.3, -0.25) is 14.6 Å². The first kappa shape index (κ1) is 17.4. The third kappa shape index (κ3) is 5.34. The molecule has 1 aromatic heterocycles. The lowest BCUT2D eigenvalue weighted by molar-refractivity contribution is -0.132. The maximum absolute atomic E-state index is 12.4. The van der Waals surface area contributed by atoms with Crippen LogP contribution in [0.2, 0.25) is 0 Å². The van der Waals surface area contributed by atoms with E-state index in [1.807, 2.05) is 32.0 Å². The van der Waals surface area contributed by atoms with Gasteiger partial charge in [0.15, 0.2) is 0 Å². The minimum Gasteiger partial charge on any atom is -0.349 e. The van der Waals surface area contributed by atoms with Crippen LogP contribution in [-0.4, -0.2) is 22.8 Å². The number of carbonyl (C=O) groups is 2. The highest BCUT2D eigenvalue weighted by molar-refractivity contribution is 5.88. The number of amides is 2. The molecule has 2 amide bonds. The second-order valence-electron chi connectivity index (χ2n) is 6.60. The van der Waals surface area contributed by atoms with Gasteiger partial charge in [0.1, 0.15) is 6.04 Å². The lowest BCUT2D eigenvalue weighted by Crippen LogP contribution is -2.51. The van der Waals surface area contributed by atoms with Crippen molar-refractivity contribution in [1.82, 2.24) is 15.6 Å². The van der Waals surface area contributed by atoms with Crippen molar-refractivity contribution in [2.45, 2.75) is 58.5 Å². The molecule has 23 heavy (non-hydrogen) atoms. The summed E-state index contributed by atoms with van der Waals surface area (Å²) in [5.74, 6) is -0.00828. The van der Waals surface area contributed by atoms with Crippen LogP contribution >= 0.6 is 0 Å². The summed E-state index contributed by atoms with van der Waals surface area (Å²) >= 11 is 0. The van der Waals surface area contributed by atoms with Crippen molar-refractivity contribution in [3.8, 4) is 0 Å². The molecule has 0 aromatic carbocycles. The van der Waals surface area contributed by atoms with Gasteiger partial charge in [0, 0.05) is 12.1 Å². The number of nitrogens with zero attached hydrogens (tertiary/aromatic N) is 1. The zero-order valence-electron chi connectivity index (χ0n) is 14.0. The van der Waals surface area contributed by atoms with Gasteiger partial charge in [-0.25, -0.2) is 0 Å². The molecule has 2 rings (SSSR count). The molecule has 1 saturated carbocycles. The SMILES string of the molecule is CC(C)[C@H](NC(=O)C1CCCCC1)C(=O)NCc1ccccn1. The Kier molecular flexibility index (Phi) is 6.56. The van der Waals surface area contributed by atoms with Crippen molar-refractivity contribution in [1.29, 1.82) is 0 Å². The fourth-order valence-corrected chi connectivity index (χ4v) is 2.96. The molecule has 1 fully saturated rings. The molecule has 1 aliphatic carbocycles. The quantitative estimate of drug-likeness (QED) is 0.846.